The van der Waals surface area contributed by atoms with E-state index in [1.54, 1.807) is 11.0 Å². The zero-order valence-electron chi connectivity index (χ0n) is 7.79. The molecule has 0 unspecified atom stereocenters. The molecular weight excluding hydrogens is 181 g/mol. The number of nitrogens with zero attached hydrogens (tertiary/aromatic N) is 1. The van der Waals surface area contributed by atoms with Crippen molar-refractivity contribution in [2.45, 2.75) is 12.8 Å². The van der Waals surface area contributed by atoms with Crippen molar-refractivity contribution < 1.29 is 9.18 Å². The van der Waals surface area contributed by atoms with Gasteiger partial charge in [0.2, 0.25) is 0 Å². The van der Waals surface area contributed by atoms with Crippen LogP contribution in [0, 0.1) is 11.9 Å². The van der Waals surface area contributed by atoms with E-state index in [0.29, 0.717) is 0 Å². The van der Waals surface area contributed by atoms with Gasteiger partial charge in [-0.25, -0.2) is 4.39 Å². The molecule has 0 bridgehead atoms. The van der Waals surface area contributed by atoms with Gasteiger partial charge in [0.15, 0.2) is 0 Å². The Morgan fingerprint density at radius 2 is 2.14 bits per heavy atom. The highest BCUT2D eigenvalue weighted by atomic mass is 19.1. The maximum atomic E-state index is 13.2. The molecule has 0 spiro atoms. The largest absolute Gasteiger partial charge is 0.339 e. The van der Waals surface area contributed by atoms with Crippen molar-refractivity contribution in [3.8, 4) is 0 Å². The van der Waals surface area contributed by atoms with E-state index in [1.165, 1.54) is 12.1 Å². The fraction of sp³-hybridized carbons (Fsp3) is 0.364. The van der Waals surface area contributed by atoms with Gasteiger partial charge in [0, 0.05) is 13.1 Å². The number of likely N-dealkylation sites (tertiary alicyclic amines) is 1. The summed E-state index contributed by atoms with van der Waals surface area (Å²) in [4.78, 5) is 13.4. The number of halogens is 1. The molecule has 1 aliphatic heterocycles. The smallest absolute Gasteiger partial charge is 0.256 e. The molecule has 3 heteroatoms. The molecule has 0 aliphatic carbocycles. The summed E-state index contributed by atoms with van der Waals surface area (Å²) in [5, 5.41) is 0. The van der Waals surface area contributed by atoms with Gasteiger partial charge in [-0.3, -0.25) is 4.79 Å². The molecule has 1 amide bonds. The first kappa shape index (κ1) is 9.19. The van der Waals surface area contributed by atoms with Crippen LogP contribution in [-0.2, 0) is 0 Å². The van der Waals surface area contributed by atoms with Crippen LogP contribution in [0.4, 0.5) is 4.39 Å². The summed E-state index contributed by atoms with van der Waals surface area (Å²) in [5.74, 6) is -0.682. The molecule has 1 aromatic rings. The van der Waals surface area contributed by atoms with Gasteiger partial charge in [-0.1, -0.05) is 6.07 Å². The van der Waals surface area contributed by atoms with Crippen LogP contribution in [0.3, 0.4) is 0 Å². The minimum Gasteiger partial charge on any atom is -0.339 e. The molecule has 2 nitrogen and oxygen atoms in total. The van der Waals surface area contributed by atoms with Crippen LogP contribution in [0.25, 0.3) is 0 Å². The van der Waals surface area contributed by atoms with Crippen molar-refractivity contribution in [1.29, 1.82) is 0 Å². The van der Waals surface area contributed by atoms with Gasteiger partial charge in [-0.2, -0.15) is 0 Å². The Balaban J connectivity index is 2.22. The van der Waals surface area contributed by atoms with Crippen LogP contribution < -0.4 is 0 Å². The third-order valence-corrected chi connectivity index (χ3v) is 2.44. The number of rotatable bonds is 1. The second-order valence-corrected chi connectivity index (χ2v) is 3.41. The summed E-state index contributed by atoms with van der Waals surface area (Å²) in [6, 6.07) is 6.84. The molecule has 1 heterocycles. The van der Waals surface area contributed by atoms with Gasteiger partial charge < -0.3 is 4.90 Å². The molecule has 1 aromatic carbocycles. The Kier molecular flexibility index (Phi) is 2.48. The van der Waals surface area contributed by atoms with Gasteiger partial charge in [-0.05, 0) is 31.0 Å². The van der Waals surface area contributed by atoms with Crippen LogP contribution in [0.5, 0.6) is 0 Å². The number of carbonyl (C=O) groups excluding carboxylic acids is 1. The fourth-order valence-electron chi connectivity index (χ4n) is 1.67. The minimum absolute atomic E-state index is 0.158. The molecule has 0 aromatic heterocycles. The molecule has 0 N–H and O–H groups in total. The molecule has 1 aliphatic rings. The quantitative estimate of drug-likeness (QED) is 0.665. The first-order valence-corrected chi connectivity index (χ1v) is 4.74. The lowest BCUT2D eigenvalue weighted by atomic mass is 10.2. The van der Waals surface area contributed by atoms with E-state index >= 15 is 0 Å². The maximum absolute atomic E-state index is 13.2. The first-order valence-electron chi connectivity index (χ1n) is 4.74. The minimum atomic E-state index is -0.482. The number of amides is 1. The van der Waals surface area contributed by atoms with Gasteiger partial charge in [0.05, 0.1) is 5.56 Å². The second-order valence-electron chi connectivity index (χ2n) is 3.41. The van der Waals surface area contributed by atoms with E-state index in [-0.39, 0.29) is 11.5 Å². The SMILES string of the molecule is O=C(c1cc[c]cc1F)N1CCCC1. The molecule has 1 radical (unpaired) electrons. The van der Waals surface area contributed by atoms with Gasteiger partial charge in [0.1, 0.15) is 5.82 Å². The van der Waals surface area contributed by atoms with Gasteiger partial charge >= 0.3 is 0 Å². The molecule has 14 heavy (non-hydrogen) atoms. The maximum Gasteiger partial charge on any atom is 0.256 e. The molecule has 2 rings (SSSR count). The predicted octanol–water partition coefficient (Wildman–Crippen LogP) is 1.86. The molecular formula is C11H11FNO. The van der Waals surface area contributed by atoms with E-state index in [2.05, 4.69) is 6.07 Å². The zero-order chi connectivity index (χ0) is 9.97. The van der Waals surface area contributed by atoms with Crippen molar-refractivity contribution >= 4 is 5.91 Å². The van der Waals surface area contributed by atoms with E-state index in [9.17, 15) is 9.18 Å². The van der Waals surface area contributed by atoms with Crippen molar-refractivity contribution in [3.63, 3.8) is 0 Å². The number of hydrogen-bond donors (Lipinski definition) is 0. The zero-order valence-corrected chi connectivity index (χ0v) is 7.79. The van der Waals surface area contributed by atoms with Crippen molar-refractivity contribution in [3.05, 3.63) is 35.6 Å². The Morgan fingerprint density at radius 1 is 1.43 bits per heavy atom. The molecule has 1 saturated heterocycles. The second kappa shape index (κ2) is 3.78. The summed E-state index contributed by atoms with van der Waals surface area (Å²) >= 11 is 0. The first-order chi connectivity index (χ1) is 6.79. The highest BCUT2D eigenvalue weighted by Gasteiger charge is 2.21. The van der Waals surface area contributed by atoms with Crippen molar-refractivity contribution in [2.24, 2.45) is 0 Å². The van der Waals surface area contributed by atoms with E-state index in [1.807, 2.05) is 0 Å². The lowest BCUT2D eigenvalue weighted by Gasteiger charge is -2.15. The third kappa shape index (κ3) is 1.62. The van der Waals surface area contributed by atoms with Crippen LogP contribution in [0.1, 0.15) is 23.2 Å². The Hall–Kier alpha value is -1.38. The lowest BCUT2D eigenvalue weighted by molar-refractivity contribution is 0.0788. The summed E-state index contributed by atoms with van der Waals surface area (Å²) in [5.41, 5.74) is 0.158. The van der Waals surface area contributed by atoms with Crippen LogP contribution in [0.2, 0.25) is 0 Å². The van der Waals surface area contributed by atoms with Gasteiger partial charge in [0.25, 0.3) is 5.91 Å². The van der Waals surface area contributed by atoms with Gasteiger partial charge in [-0.15, -0.1) is 0 Å². The Labute approximate surface area is 82.3 Å². The highest BCUT2D eigenvalue weighted by molar-refractivity contribution is 5.94. The fourth-order valence-corrected chi connectivity index (χ4v) is 1.67. The molecule has 73 valence electrons. The monoisotopic (exact) mass is 192 g/mol. The summed E-state index contributed by atoms with van der Waals surface area (Å²) in [6.45, 7) is 1.49. The standard InChI is InChI=1S/C11H11FNO/c12-10-6-2-1-5-9(10)11(14)13-7-3-4-8-13/h1,5-6H,3-4,7-8H2. The van der Waals surface area contributed by atoms with Crippen LogP contribution >= 0.6 is 0 Å². The summed E-state index contributed by atoms with van der Waals surface area (Å²) in [6.07, 6.45) is 2.04. The normalized spacial score (nSPS) is 15.9. The van der Waals surface area contributed by atoms with Crippen molar-refractivity contribution in [2.75, 3.05) is 13.1 Å². The van der Waals surface area contributed by atoms with E-state index in [4.69, 9.17) is 0 Å². The Bertz CT molecular complexity index is 345. The van der Waals surface area contributed by atoms with E-state index < -0.39 is 5.82 Å². The predicted molar refractivity (Wildman–Crippen MR) is 50.4 cm³/mol. The van der Waals surface area contributed by atoms with E-state index in [0.717, 1.165) is 25.9 Å². The highest BCUT2D eigenvalue weighted by Crippen LogP contribution is 2.14. The van der Waals surface area contributed by atoms with Crippen molar-refractivity contribution in [1.82, 2.24) is 4.90 Å². The van der Waals surface area contributed by atoms with Crippen LogP contribution in [0.15, 0.2) is 18.2 Å². The number of benzene rings is 1. The average Bonchev–Trinajstić information content (AvgIpc) is 2.70. The molecule has 0 saturated carbocycles. The molecule has 0 atom stereocenters. The summed E-state index contributed by atoms with van der Waals surface area (Å²) < 4.78 is 13.2. The van der Waals surface area contributed by atoms with Crippen LogP contribution in [-0.4, -0.2) is 23.9 Å². The third-order valence-electron chi connectivity index (χ3n) is 2.44. The summed E-state index contributed by atoms with van der Waals surface area (Å²) in [7, 11) is 0. The number of carbonyl (C=O) groups is 1. The Morgan fingerprint density at radius 3 is 2.79 bits per heavy atom. The topological polar surface area (TPSA) is 20.3 Å². The number of hydrogen-bond acceptors (Lipinski definition) is 1. The average molecular weight is 192 g/mol. The molecule has 1 fully saturated rings. The lowest BCUT2D eigenvalue weighted by Crippen LogP contribution is -2.28.